The molecule has 96 valence electrons. The Morgan fingerprint density at radius 1 is 1.16 bits per heavy atom. The van der Waals surface area contributed by atoms with Crippen molar-refractivity contribution in [2.24, 2.45) is 0 Å². The van der Waals surface area contributed by atoms with E-state index in [4.69, 9.17) is 4.42 Å². The molecule has 1 unspecified atom stereocenters. The Bertz CT molecular complexity index is 673. The predicted molar refractivity (Wildman–Crippen MR) is 68.9 cm³/mol. The number of aryl methyl sites for hydroxylation is 1. The number of nitrogens with zero attached hydrogens (tertiary/aromatic N) is 3. The van der Waals surface area contributed by atoms with Crippen LogP contribution in [0.3, 0.4) is 0 Å². The molecule has 0 fully saturated rings. The monoisotopic (exact) mass is 255 g/mol. The maximum atomic E-state index is 10.3. The molecule has 3 rings (SSSR count). The van der Waals surface area contributed by atoms with E-state index in [2.05, 4.69) is 10.3 Å². The number of aromatic nitrogens is 3. The standard InChI is InChI=1S/C14H13N3O2/c1-10-7-8-13(19-10)14(18)12-9-15-16-17(12)11-5-3-2-4-6-11/h2-9,14,18H,1H3. The minimum atomic E-state index is -0.885. The Balaban J connectivity index is 2.01. The highest BCUT2D eigenvalue weighted by Crippen LogP contribution is 2.24. The number of para-hydroxylation sites is 1. The molecule has 0 saturated heterocycles. The van der Waals surface area contributed by atoms with Gasteiger partial charge < -0.3 is 9.52 Å². The van der Waals surface area contributed by atoms with Crippen LogP contribution >= 0.6 is 0 Å². The Labute approximate surface area is 110 Å². The second-order valence-corrected chi connectivity index (χ2v) is 4.26. The molecule has 0 bridgehead atoms. The molecule has 3 aromatic rings. The van der Waals surface area contributed by atoms with E-state index in [1.54, 1.807) is 10.7 Å². The molecule has 19 heavy (non-hydrogen) atoms. The zero-order chi connectivity index (χ0) is 13.2. The molecular weight excluding hydrogens is 242 g/mol. The summed E-state index contributed by atoms with van der Waals surface area (Å²) in [7, 11) is 0. The molecule has 1 N–H and O–H groups in total. The molecule has 5 nitrogen and oxygen atoms in total. The fraction of sp³-hybridized carbons (Fsp3) is 0.143. The lowest BCUT2D eigenvalue weighted by atomic mass is 10.2. The van der Waals surface area contributed by atoms with Gasteiger partial charge >= 0.3 is 0 Å². The summed E-state index contributed by atoms with van der Waals surface area (Å²) < 4.78 is 7.04. The van der Waals surface area contributed by atoms with Gasteiger partial charge in [-0.2, -0.15) is 0 Å². The summed E-state index contributed by atoms with van der Waals surface area (Å²) >= 11 is 0. The van der Waals surface area contributed by atoms with Crippen LogP contribution < -0.4 is 0 Å². The van der Waals surface area contributed by atoms with E-state index in [0.29, 0.717) is 11.5 Å². The summed E-state index contributed by atoms with van der Waals surface area (Å²) in [5.41, 5.74) is 1.41. The maximum Gasteiger partial charge on any atom is 0.155 e. The van der Waals surface area contributed by atoms with Gasteiger partial charge in [0.2, 0.25) is 0 Å². The van der Waals surface area contributed by atoms with Gasteiger partial charge in [0.05, 0.1) is 11.9 Å². The van der Waals surface area contributed by atoms with Crippen LogP contribution in [0.1, 0.15) is 23.3 Å². The highest BCUT2D eigenvalue weighted by atomic mass is 16.4. The van der Waals surface area contributed by atoms with Crippen LogP contribution in [0.15, 0.2) is 53.1 Å². The van der Waals surface area contributed by atoms with Crippen LogP contribution in [-0.4, -0.2) is 20.1 Å². The third-order valence-electron chi connectivity index (χ3n) is 2.89. The van der Waals surface area contributed by atoms with E-state index >= 15 is 0 Å². The summed E-state index contributed by atoms with van der Waals surface area (Å²) in [6.45, 7) is 1.84. The van der Waals surface area contributed by atoms with Crippen LogP contribution in [-0.2, 0) is 0 Å². The second kappa shape index (κ2) is 4.70. The predicted octanol–water partition coefficient (Wildman–Crippen LogP) is 2.25. The lowest BCUT2D eigenvalue weighted by molar-refractivity contribution is 0.180. The first-order valence-corrected chi connectivity index (χ1v) is 5.96. The first kappa shape index (κ1) is 11.7. The molecule has 0 spiro atoms. The second-order valence-electron chi connectivity index (χ2n) is 4.26. The van der Waals surface area contributed by atoms with Crippen molar-refractivity contribution in [3.63, 3.8) is 0 Å². The number of rotatable bonds is 3. The molecule has 2 aromatic heterocycles. The highest BCUT2D eigenvalue weighted by molar-refractivity contribution is 5.33. The number of furan rings is 1. The van der Waals surface area contributed by atoms with Gasteiger partial charge in [0, 0.05) is 0 Å². The van der Waals surface area contributed by atoms with Gasteiger partial charge in [0.1, 0.15) is 17.2 Å². The number of aliphatic hydroxyl groups excluding tert-OH is 1. The molecule has 0 aliphatic rings. The van der Waals surface area contributed by atoms with Crippen molar-refractivity contribution in [1.82, 2.24) is 15.0 Å². The first-order valence-electron chi connectivity index (χ1n) is 5.96. The normalized spacial score (nSPS) is 12.5. The van der Waals surface area contributed by atoms with Crippen molar-refractivity contribution in [2.45, 2.75) is 13.0 Å². The van der Waals surface area contributed by atoms with Gasteiger partial charge in [-0.1, -0.05) is 23.4 Å². The van der Waals surface area contributed by atoms with Gasteiger partial charge in [-0.05, 0) is 31.2 Å². The third kappa shape index (κ3) is 2.15. The number of hydrogen-bond acceptors (Lipinski definition) is 4. The summed E-state index contributed by atoms with van der Waals surface area (Å²) in [5, 5.41) is 18.2. The van der Waals surface area contributed by atoms with Crippen molar-refractivity contribution in [2.75, 3.05) is 0 Å². The van der Waals surface area contributed by atoms with E-state index in [1.807, 2.05) is 43.3 Å². The quantitative estimate of drug-likeness (QED) is 0.779. The Morgan fingerprint density at radius 2 is 1.95 bits per heavy atom. The van der Waals surface area contributed by atoms with Gasteiger partial charge in [-0.3, -0.25) is 0 Å². The number of benzene rings is 1. The summed E-state index contributed by atoms with van der Waals surface area (Å²) in [6.07, 6.45) is 0.652. The number of hydrogen-bond donors (Lipinski definition) is 1. The zero-order valence-electron chi connectivity index (χ0n) is 10.4. The van der Waals surface area contributed by atoms with E-state index in [9.17, 15) is 5.11 Å². The molecule has 0 aliphatic heterocycles. The van der Waals surface area contributed by atoms with Crippen LogP contribution in [0.25, 0.3) is 5.69 Å². The van der Waals surface area contributed by atoms with Gasteiger partial charge in [-0.15, -0.1) is 5.10 Å². The van der Waals surface area contributed by atoms with Crippen LogP contribution in [0.2, 0.25) is 0 Å². The SMILES string of the molecule is Cc1ccc(C(O)c2cnnn2-c2ccccc2)o1. The third-order valence-corrected chi connectivity index (χ3v) is 2.89. The molecule has 0 saturated carbocycles. The van der Waals surface area contributed by atoms with E-state index < -0.39 is 6.10 Å². The van der Waals surface area contributed by atoms with Crippen LogP contribution in [0.4, 0.5) is 0 Å². The largest absolute Gasteiger partial charge is 0.463 e. The van der Waals surface area contributed by atoms with Gasteiger partial charge in [0.25, 0.3) is 0 Å². The van der Waals surface area contributed by atoms with Crippen LogP contribution in [0.5, 0.6) is 0 Å². The minimum absolute atomic E-state index is 0.483. The molecule has 0 aliphatic carbocycles. The van der Waals surface area contributed by atoms with E-state index in [0.717, 1.165) is 11.4 Å². The van der Waals surface area contributed by atoms with E-state index in [-0.39, 0.29) is 0 Å². The fourth-order valence-corrected chi connectivity index (χ4v) is 1.95. The zero-order valence-corrected chi connectivity index (χ0v) is 10.4. The molecular formula is C14H13N3O2. The van der Waals surface area contributed by atoms with Gasteiger partial charge in [0.15, 0.2) is 6.10 Å². The summed E-state index contributed by atoms with van der Waals surface area (Å²) in [4.78, 5) is 0. The molecule has 1 atom stereocenters. The summed E-state index contributed by atoms with van der Waals surface area (Å²) in [5.74, 6) is 1.24. The molecule has 5 heteroatoms. The average molecular weight is 255 g/mol. The molecule has 1 aromatic carbocycles. The van der Waals surface area contributed by atoms with Gasteiger partial charge in [-0.25, -0.2) is 4.68 Å². The molecule has 0 radical (unpaired) electrons. The molecule has 2 heterocycles. The lowest BCUT2D eigenvalue weighted by Crippen LogP contribution is -2.07. The van der Waals surface area contributed by atoms with Crippen molar-refractivity contribution < 1.29 is 9.52 Å². The van der Waals surface area contributed by atoms with Crippen molar-refractivity contribution in [1.29, 1.82) is 0 Å². The lowest BCUT2D eigenvalue weighted by Gasteiger charge is -2.10. The smallest absolute Gasteiger partial charge is 0.155 e. The maximum absolute atomic E-state index is 10.3. The Hall–Kier alpha value is -2.40. The Kier molecular flexibility index (Phi) is 2.89. The van der Waals surface area contributed by atoms with E-state index in [1.165, 1.54) is 6.20 Å². The minimum Gasteiger partial charge on any atom is -0.463 e. The highest BCUT2D eigenvalue weighted by Gasteiger charge is 2.20. The fourth-order valence-electron chi connectivity index (χ4n) is 1.95. The van der Waals surface area contributed by atoms with Crippen molar-refractivity contribution in [3.8, 4) is 5.69 Å². The summed E-state index contributed by atoms with van der Waals surface area (Å²) in [6, 6.07) is 13.1. The first-order chi connectivity index (χ1) is 9.25. The average Bonchev–Trinajstić information content (AvgIpc) is 3.07. The Morgan fingerprint density at radius 3 is 2.63 bits per heavy atom. The van der Waals surface area contributed by atoms with Crippen LogP contribution in [0, 0.1) is 6.92 Å². The molecule has 0 amide bonds. The van der Waals surface area contributed by atoms with Crippen molar-refractivity contribution in [3.05, 3.63) is 65.9 Å². The van der Waals surface area contributed by atoms with Crippen molar-refractivity contribution >= 4 is 0 Å². The number of aliphatic hydroxyl groups is 1. The topological polar surface area (TPSA) is 64.1 Å².